The van der Waals surface area contributed by atoms with Gasteiger partial charge in [-0.05, 0) is 6.08 Å². The highest BCUT2D eigenvalue weighted by Gasteiger charge is 2.55. The molecule has 2 fully saturated rings. The number of carboxylic acids is 2. The van der Waals surface area contributed by atoms with Crippen LogP contribution in [0, 0.1) is 0 Å². The molecule has 43 heavy (non-hydrogen) atoms. The summed E-state index contributed by atoms with van der Waals surface area (Å²) in [6.45, 7) is -0.201. The number of aliphatic hydroxyl groups excluding tert-OH is 5. The van der Waals surface area contributed by atoms with Gasteiger partial charge in [0.05, 0.1) is 6.61 Å². The molecule has 0 aromatic carbocycles. The first-order valence-electron chi connectivity index (χ1n) is 12.2. The number of hydrogen-bond donors (Lipinski definition) is 9. The maximum Gasteiger partial charge on any atom is 0.397 e. The predicted octanol–water partition coefficient (Wildman–Crippen LogP) is -5.61. The Bertz CT molecular complexity index is 1160. The second-order valence-electron chi connectivity index (χ2n) is 9.46. The molecular formula is C21H31NO20S. The van der Waals surface area contributed by atoms with Crippen molar-refractivity contribution < 1.29 is 95.7 Å². The van der Waals surface area contributed by atoms with Gasteiger partial charge in [0.1, 0.15) is 54.9 Å². The van der Waals surface area contributed by atoms with Gasteiger partial charge in [-0.1, -0.05) is 0 Å². The van der Waals surface area contributed by atoms with Crippen molar-refractivity contribution in [3.8, 4) is 0 Å². The maximum absolute atomic E-state index is 12.0. The first-order chi connectivity index (χ1) is 19.9. The zero-order valence-corrected chi connectivity index (χ0v) is 23.0. The van der Waals surface area contributed by atoms with Crippen LogP contribution in [-0.4, -0.2) is 160 Å². The SMILES string of the molecule is CO[C@@H]1O[C@H](C(=O)O)[C@@H](O[C@H]2O[C@H](COS(=O)(=O)O)[C@@H](O[C@@H]3OC(C(=O)O)=C[C@H](O)[C@H]3O)[C@H](O)[C@H]2NC(C)=O)[C@H](O)[C@H]1O. The van der Waals surface area contributed by atoms with Gasteiger partial charge >= 0.3 is 22.3 Å². The van der Waals surface area contributed by atoms with Crippen LogP contribution in [0.2, 0.25) is 0 Å². The van der Waals surface area contributed by atoms with E-state index in [1.54, 1.807) is 0 Å². The number of methoxy groups -OCH3 is 1. The lowest BCUT2D eigenvalue weighted by atomic mass is 9.95. The van der Waals surface area contributed by atoms with Crippen molar-refractivity contribution in [2.75, 3.05) is 13.7 Å². The molecule has 3 heterocycles. The Balaban J connectivity index is 1.97. The number of aliphatic carboxylic acids is 2. The topological polar surface area (TPSA) is 324 Å². The van der Waals surface area contributed by atoms with Gasteiger partial charge in [0.15, 0.2) is 18.7 Å². The standard InChI is InChI=1S/C21H31NO20S/c1-5(23)22-9-11(26)14(40-21-10(25)6(24)3-7(38-21)17(29)30)8(4-37-43(33,34)35)39-19(9)41-15-12(27)13(28)20(36-2)42-16(15)18(31)32/h3,6,8-16,19-21,24-28H,4H2,1-2H3,(H,22,23)(H,29,30)(H,31,32)(H,33,34,35)/t6-,8+,9+,10+,11+,12+,13+,14+,15-,16-,19+,20+,21-/m0/s1. The average Bonchev–Trinajstić information content (AvgIpc) is 2.90. The Labute approximate surface area is 242 Å². The van der Waals surface area contributed by atoms with Crippen molar-refractivity contribution in [1.82, 2.24) is 5.32 Å². The monoisotopic (exact) mass is 649 g/mol. The molecule has 3 rings (SSSR count). The van der Waals surface area contributed by atoms with Crippen molar-refractivity contribution >= 4 is 28.2 Å². The lowest BCUT2D eigenvalue weighted by Gasteiger charge is -2.48. The molecule has 0 radical (unpaired) electrons. The van der Waals surface area contributed by atoms with E-state index < -0.39 is 120 Å². The minimum Gasteiger partial charge on any atom is -0.479 e. The Hall–Kier alpha value is -2.58. The first-order valence-corrected chi connectivity index (χ1v) is 13.6. The van der Waals surface area contributed by atoms with Crippen molar-refractivity contribution in [1.29, 1.82) is 0 Å². The van der Waals surface area contributed by atoms with E-state index in [1.165, 1.54) is 0 Å². The molecule has 21 nitrogen and oxygen atoms in total. The smallest absolute Gasteiger partial charge is 0.397 e. The zero-order chi connectivity index (χ0) is 32.4. The highest BCUT2D eigenvalue weighted by molar-refractivity contribution is 7.80. The minimum absolute atomic E-state index is 0.641. The lowest BCUT2D eigenvalue weighted by molar-refractivity contribution is -0.349. The van der Waals surface area contributed by atoms with Gasteiger partial charge in [0.2, 0.25) is 18.0 Å². The van der Waals surface area contributed by atoms with Crippen molar-refractivity contribution in [3.05, 3.63) is 11.8 Å². The second kappa shape index (κ2) is 14.0. The van der Waals surface area contributed by atoms with Gasteiger partial charge in [0.25, 0.3) is 0 Å². The third-order valence-electron chi connectivity index (χ3n) is 6.43. The normalized spacial score (nSPS) is 40.2. The van der Waals surface area contributed by atoms with Gasteiger partial charge in [-0.2, -0.15) is 8.42 Å². The van der Waals surface area contributed by atoms with Crippen LogP contribution in [0.5, 0.6) is 0 Å². The zero-order valence-electron chi connectivity index (χ0n) is 22.2. The maximum atomic E-state index is 12.0. The molecule has 13 atom stereocenters. The summed E-state index contributed by atoms with van der Waals surface area (Å²) in [4.78, 5) is 35.2. The van der Waals surface area contributed by atoms with Crippen LogP contribution in [0.4, 0.5) is 0 Å². The number of carboxylic acid groups (broad SMARTS) is 2. The van der Waals surface area contributed by atoms with Crippen LogP contribution in [0.3, 0.4) is 0 Å². The second-order valence-corrected chi connectivity index (χ2v) is 10.5. The van der Waals surface area contributed by atoms with Crippen LogP contribution in [0.25, 0.3) is 0 Å². The Morgan fingerprint density at radius 2 is 1.53 bits per heavy atom. The quantitative estimate of drug-likeness (QED) is 0.0942. The molecule has 0 aromatic heterocycles. The van der Waals surface area contributed by atoms with Gasteiger partial charge in [-0.25, -0.2) is 13.8 Å². The van der Waals surface area contributed by atoms with Gasteiger partial charge in [-0.3, -0.25) is 9.35 Å². The summed E-state index contributed by atoms with van der Waals surface area (Å²) in [7, 11) is -4.13. The molecule has 2 saturated heterocycles. The number of carbonyl (C=O) groups is 3. The summed E-state index contributed by atoms with van der Waals surface area (Å²) < 4.78 is 67.5. The van der Waals surface area contributed by atoms with E-state index in [0.717, 1.165) is 14.0 Å². The fourth-order valence-electron chi connectivity index (χ4n) is 4.45. The van der Waals surface area contributed by atoms with E-state index in [-0.39, 0.29) is 0 Å². The number of amides is 1. The summed E-state index contributed by atoms with van der Waals surface area (Å²) in [6.07, 6.45) is -22.7. The Morgan fingerprint density at radius 1 is 0.907 bits per heavy atom. The number of aliphatic hydroxyl groups is 5. The van der Waals surface area contributed by atoms with Crippen LogP contribution in [-0.2, 0) is 57.4 Å². The summed E-state index contributed by atoms with van der Waals surface area (Å²) in [6, 6.07) is -1.76. The number of hydrogen-bond acceptors (Lipinski definition) is 17. The van der Waals surface area contributed by atoms with Crippen LogP contribution < -0.4 is 5.32 Å². The van der Waals surface area contributed by atoms with E-state index in [2.05, 4.69) is 9.50 Å². The third kappa shape index (κ3) is 8.33. The molecule has 0 spiro atoms. The molecule has 0 saturated carbocycles. The number of carbonyl (C=O) groups excluding carboxylic acids is 1. The molecule has 3 aliphatic heterocycles. The van der Waals surface area contributed by atoms with Gasteiger partial charge in [-0.15, -0.1) is 0 Å². The van der Waals surface area contributed by atoms with E-state index in [4.69, 9.17) is 33.0 Å². The summed E-state index contributed by atoms with van der Waals surface area (Å²) >= 11 is 0. The van der Waals surface area contributed by atoms with Crippen molar-refractivity contribution in [3.63, 3.8) is 0 Å². The molecule has 22 heteroatoms. The molecule has 3 aliphatic rings. The first kappa shape index (κ1) is 34.9. The van der Waals surface area contributed by atoms with Crippen LogP contribution in [0.15, 0.2) is 11.8 Å². The number of nitrogens with one attached hydrogen (secondary N) is 1. The Kier molecular flexibility index (Phi) is 11.4. The molecule has 0 unspecified atom stereocenters. The summed E-state index contributed by atoms with van der Waals surface area (Å²) in [5.74, 6) is -5.11. The largest absolute Gasteiger partial charge is 0.479 e. The molecule has 246 valence electrons. The molecule has 0 bridgehead atoms. The summed E-state index contributed by atoms with van der Waals surface area (Å²) in [5, 5.41) is 73.5. The number of rotatable bonds is 11. The third-order valence-corrected chi connectivity index (χ3v) is 6.87. The van der Waals surface area contributed by atoms with Crippen molar-refractivity contribution in [2.24, 2.45) is 0 Å². The summed E-state index contributed by atoms with van der Waals surface area (Å²) in [5.41, 5.74) is 0. The van der Waals surface area contributed by atoms with E-state index >= 15 is 0 Å². The fourth-order valence-corrected chi connectivity index (χ4v) is 4.76. The fraction of sp³-hybridized carbons (Fsp3) is 0.762. The lowest BCUT2D eigenvalue weighted by Crippen LogP contribution is -2.69. The highest BCUT2D eigenvalue weighted by atomic mass is 32.3. The van der Waals surface area contributed by atoms with Gasteiger partial charge < -0.3 is 69.5 Å². The molecule has 0 aromatic rings. The van der Waals surface area contributed by atoms with Crippen LogP contribution >= 0.6 is 0 Å². The molecular weight excluding hydrogens is 618 g/mol. The van der Waals surface area contributed by atoms with Crippen molar-refractivity contribution in [2.45, 2.75) is 86.8 Å². The van der Waals surface area contributed by atoms with Crippen LogP contribution in [0.1, 0.15) is 6.92 Å². The highest BCUT2D eigenvalue weighted by Crippen LogP contribution is 2.32. The van der Waals surface area contributed by atoms with E-state index in [0.29, 0.717) is 6.08 Å². The minimum atomic E-state index is -5.18. The van der Waals surface area contributed by atoms with Gasteiger partial charge in [0, 0.05) is 14.0 Å². The van der Waals surface area contributed by atoms with E-state index in [9.17, 15) is 58.5 Å². The number of ether oxygens (including phenoxy) is 6. The molecule has 9 N–H and O–H groups in total. The average molecular weight is 650 g/mol. The molecule has 1 amide bonds. The molecule has 0 aliphatic carbocycles. The Morgan fingerprint density at radius 3 is 2.07 bits per heavy atom. The predicted molar refractivity (Wildman–Crippen MR) is 127 cm³/mol. The van der Waals surface area contributed by atoms with E-state index in [1.807, 2.05) is 0 Å².